The average Bonchev–Trinajstić information content (AvgIpc) is 3.00. The lowest BCUT2D eigenvalue weighted by Crippen LogP contribution is -2.07. The Morgan fingerprint density at radius 3 is 2.96 bits per heavy atom. The molecule has 26 heavy (non-hydrogen) atoms. The van der Waals surface area contributed by atoms with Crippen LogP contribution in [0.4, 0.5) is 5.13 Å². The summed E-state index contributed by atoms with van der Waals surface area (Å²) in [6.45, 7) is 4.91. The molecule has 1 fully saturated rings. The molecule has 4 rings (SSSR count). The third kappa shape index (κ3) is 4.02. The third-order valence-corrected chi connectivity index (χ3v) is 7.26. The van der Waals surface area contributed by atoms with Crippen molar-refractivity contribution >= 4 is 45.4 Å². The minimum absolute atomic E-state index is 0.146. The van der Waals surface area contributed by atoms with Gasteiger partial charge in [-0.3, -0.25) is 4.79 Å². The van der Waals surface area contributed by atoms with Crippen LogP contribution >= 0.6 is 34.4 Å². The van der Waals surface area contributed by atoms with E-state index in [4.69, 9.17) is 0 Å². The molecule has 1 aliphatic carbocycles. The monoisotopic (exact) mass is 404 g/mol. The molecule has 0 radical (unpaired) electrons. The topological polar surface area (TPSA) is 59.8 Å². The summed E-state index contributed by atoms with van der Waals surface area (Å²) in [6, 6.07) is 6.76. The Bertz CT molecular complexity index is 909. The van der Waals surface area contributed by atoms with Crippen LogP contribution in [0.1, 0.15) is 39.5 Å². The van der Waals surface area contributed by atoms with E-state index in [1.165, 1.54) is 40.8 Å². The quantitative estimate of drug-likeness (QED) is 0.439. The molecule has 0 aromatic carbocycles. The second kappa shape index (κ2) is 7.54. The summed E-state index contributed by atoms with van der Waals surface area (Å²) in [5.41, 5.74) is 2.97. The van der Waals surface area contributed by atoms with Crippen molar-refractivity contribution < 1.29 is 4.79 Å². The molecule has 0 unspecified atom stereocenters. The molecular formula is C18H20N4OS3. The fraction of sp³-hybridized carbons (Fsp3) is 0.389. The van der Waals surface area contributed by atoms with E-state index in [1.807, 2.05) is 13.0 Å². The minimum Gasteiger partial charge on any atom is -0.357 e. The Balaban J connectivity index is 1.40. The molecule has 1 N–H and O–H groups in total. The molecule has 3 heterocycles. The summed E-state index contributed by atoms with van der Waals surface area (Å²) in [4.78, 5) is 14.0. The zero-order valence-electron chi connectivity index (χ0n) is 14.7. The molecule has 0 saturated heterocycles. The number of ketones is 1. The fourth-order valence-corrected chi connectivity index (χ4v) is 5.22. The van der Waals surface area contributed by atoms with Gasteiger partial charge in [0.05, 0.1) is 12.3 Å². The van der Waals surface area contributed by atoms with Gasteiger partial charge in [0.1, 0.15) is 0 Å². The third-order valence-electron chi connectivity index (χ3n) is 4.41. The van der Waals surface area contributed by atoms with Gasteiger partial charge in [-0.2, -0.15) is 0 Å². The molecule has 0 amide bonds. The van der Waals surface area contributed by atoms with Crippen LogP contribution in [-0.2, 0) is 6.54 Å². The molecule has 1 saturated carbocycles. The second-order valence-electron chi connectivity index (χ2n) is 6.45. The fourth-order valence-electron chi connectivity index (χ4n) is 2.82. The SMILES string of the molecule is Cc1cc(C(=O)CSc2nnc(NC3CC3)s2)c(C)n1Cc1cccs1. The van der Waals surface area contributed by atoms with E-state index < -0.39 is 0 Å². The average molecular weight is 405 g/mol. The number of rotatable bonds is 8. The van der Waals surface area contributed by atoms with E-state index in [0.717, 1.165) is 33.0 Å². The number of nitrogens with zero attached hydrogens (tertiary/aromatic N) is 3. The maximum atomic E-state index is 12.7. The summed E-state index contributed by atoms with van der Waals surface area (Å²) in [5, 5.41) is 14.6. The standard InChI is InChI=1S/C18H20N4OS3/c1-11-8-15(12(2)22(11)9-14-4-3-7-24-14)16(23)10-25-18-21-20-17(26-18)19-13-5-6-13/h3-4,7-8,13H,5-6,9-10H2,1-2H3,(H,19,20). The maximum absolute atomic E-state index is 12.7. The maximum Gasteiger partial charge on any atom is 0.206 e. The predicted molar refractivity (Wildman–Crippen MR) is 109 cm³/mol. The Morgan fingerprint density at radius 2 is 2.23 bits per heavy atom. The van der Waals surface area contributed by atoms with Gasteiger partial charge in [0, 0.05) is 27.9 Å². The molecule has 8 heteroatoms. The summed E-state index contributed by atoms with van der Waals surface area (Å²) >= 11 is 4.74. The van der Waals surface area contributed by atoms with E-state index >= 15 is 0 Å². The number of hydrogen-bond acceptors (Lipinski definition) is 7. The van der Waals surface area contributed by atoms with Crippen LogP contribution in [0.25, 0.3) is 0 Å². The Morgan fingerprint density at radius 1 is 1.38 bits per heavy atom. The van der Waals surface area contributed by atoms with Crippen molar-refractivity contribution in [2.24, 2.45) is 0 Å². The van der Waals surface area contributed by atoms with Crippen LogP contribution in [0.5, 0.6) is 0 Å². The highest BCUT2D eigenvalue weighted by atomic mass is 32.2. The normalized spacial score (nSPS) is 13.9. The van der Waals surface area contributed by atoms with Crippen LogP contribution in [0.3, 0.4) is 0 Å². The lowest BCUT2D eigenvalue weighted by molar-refractivity contribution is 0.102. The van der Waals surface area contributed by atoms with Gasteiger partial charge in [-0.15, -0.1) is 21.5 Å². The van der Waals surface area contributed by atoms with Gasteiger partial charge in [-0.25, -0.2) is 0 Å². The lowest BCUT2D eigenvalue weighted by atomic mass is 10.2. The Kier molecular flexibility index (Phi) is 5.15. The lowest BCUT2D eigenvalue weighted by Gasteiger charge is -2.08. The van der Waals surface area contributed by atoms with Crippen molar-refractivity contribution in [1.82, 2.24) is 14.8 Å². The number of carbonyl (C=O) groups is 1. The molecule has 136 valence electrons. The number of thiophene rings is 1. The highest BCUT2D eigenvalue weighted by molar-refractivity contribution is 8.01. The molecule has 0 spiro atoms. The van der Waals surface area contributed by atoms with Crippen LogP contribution in [0, 0.1) is 13.8 Å². The first-order valence-corrected chi connectivity index (χ1v) is 11.2. The summed E-state index contributed by atoms with van der Waals surface area (Å²) in [7, 11) is 0. The number of aryl methyl sites for hydroxylation is 1. The number of aromatic nitrogens is 3. The van der Waals surface area contributed by atoms with E-state index in [9.17, 15) is 4.79 Å². The predicted octanol–water partition coefficient (Wildman–Crippen LogP) is 4.62. The smallest absolute Gasteiger partial charge is 0.206 e. The Hall–Kier alpha value is -1.64. The number of nitrogens with one attached hydrogen (secondary N) is 1. The van der Waals surface area contributed by atoms with Gasteiger partial charge < -0.3 is 9.88 Å². The Labute approximate surface area is 164 Å². The largest absolute Gasteiger partial charge is 0.357 e. The first-order chi connectivity index (χ1) is 12.6. The van der Waals surface area contributed by atoms with Crippen molar-refractivity contribution in [3.8, 4) is 0 Å². The molecule has 5 nitrogen and oxygen atoms in total. The summed E-state index contributed by atoms with van der Waals surface area (Å²) < 4.78 is 3.06. The number of thioether (sulfide) groups is 1. The zero-order chi connectivity index (χ0) is 18.1. The van der Waals surface area contributed by atoms with Crippen LogP contribution in [-0.4, -0.2) is 32.3 Å². The zero-order valence-corrected chi connectivity index (χ0v) is 17.1. The number of anilines is 1. The van der Waals surface area contributed by atoms with Gasteiger partial charge in [-0.05, 0) is 44.2 Å². The number of carbonyl (C=O) groups excluding carboxylic acids is 1. The second-order valence-corrected chi connectivity index (χ2v) is 9.69. The van der Waals surface area contributed by atoms with E-state index in [2.05, 4.69) is 44.5 Å². The molecule has 3 aromatic rings. The van der Waals surface area contributed by atoms with Crippen LogP contribution in [0.15, 0.2) is 27.9 Å². The first-order valence-electron chi connectivity index (χ1n) is 8.55. The molecule has 0 atom stereocenters. The number of Topliss-reactive ketones (excluding diaryl/α,β-unsaturated/α-hetero) is 1. The van der Waals surface area contributed by atoms with E-state index in [0.29, 0.717) is 11.8 Å². The molecule has 3 aromatic heterocycles. The van der Waals surface area contributed by atoms with E-state index in [1.54, 1.807) is 11.3 Å². The van der Waals surface area contributed by atoms with Gasteiger partial charge in [0.15, 0.2) is 10.1 Å². The van der Waals surface area contributed by atoms with Gasteiger partial charge in [-0.1, -0.05) is 29.2 Å². The van der Waals surface area contributed by atoms with Crippen molar-refractivity contribution in [1.29, 1.82) is 0 Å². The minimum atomic E-state index is 0.146. The summed E-state index contributed by atoms with van der Waals surface area (Å²) in [5.74, 6) is 0.536. The summed E-state index contributed by atoms with van der Waals surface area (Å²) in [6.07, 6.45) is 2.42. The van der Waals surface area contributed by atoms with E-state index in [-0.39, 0.29) is 5.78 Å². The highest BCUT2D eigenvalue weighted by Gasteiger charge is 2.23. The van der Waals surface area contributed by atoms with Gasteiger partial charge in [0.2, 0.25) is 5.13 Å². The molecular weight excluding hydrogens is 384 g/mol. The van der Waals surface area contributed by atoms with Crippen LogP contribution < -0.4 is 5.32 Å². The first kappa shape index (κ1) is 17.8. The van der Waals surface area contributed by atoms with Crippen molar-refractivity contribution in [2.75, 3.05) is 11.1 Å². The van der Waals surface area contributed by atoms with Gasteiger partial charge >= 0.3 is 0 Å². The molecule has 0 bridgehead atoms. The van der Waals surface area contributed by atoms with Crippen molar-refractivity contribution in [2.45, 2.75) is 43.6 Å². The van der Waals surface area contributed by atoms with Crippen molar-refractivity contribution in [3.05, 3.63) is 45.4 Å². The molecule has 1 aliphatic rings. The highest BCUT2D eigenvalue weighted by Crippen LogP contribution is 2.31. The van der Waals surface area contributed by atoms with Crippen molar-refractivity contribution in [3.63, 3.8) is 0 Å². The molecule has 0 aliphatic heterocycles. The number of hydrogen-bond donors (Lipinski definition) is 1. The van der Waals surface area contributed by atoms with Gasteiger partial charge in [0.25, 0.3) is 0 Å². The van der Waals surface area contributed by atoms with Crippen LogP contribution in [0.2, 0.25) is 0 Å².